The summed E-state index contributed by atoms with van der Waals surface area (Å²) in [5, 5.41) is 3.76. The van der Waals surface area contributed by atoms with E-state index in [0.29, 0.717) is 24.4 Å². The summed E-state index contributed by atoms with van der Waals surface area (Å²) in [6.45, 7) is 4.11. The molecule has 7 heteroatoms. The molecule has 2 aliphatic rings. The van der Waals surface area contributed by atoms with E-state index >= 15 is 0 Å². The number of amides is 1. The summed E-state index contributed by atoms with van der Waals surface area (Å²) < 4.78 is 11.3. The van der Waals surface area contributed by atoms with Crippen molar-refractivity contribution in [2.24, 2.45) is 0 Å². The number of ether oxygens (including phenoxy) is 1. The molecule has 0 bridgehead atoms. The quantitative estimate of drug-likeness (QED) is 0.817. The van der Waals surface area contributed by atoms with Gasteiger partial charge in [-0.3, -0.25) is 9.78 Å². The van der Waals surface area contributed by atoms with Crippen molar-refractivity contribution in [3.05, 3.63) is 47.6 Å². The highest BCUT2D eigenvalue weighted by atomic mass is 32.2. The SMILES string of the molecule is CCc1oncc1C(=O)N1CC2(C[C@H](OCc3cccnc3)CS2)C1. The van der Waals surface area contributed by atoms with Crippen molar-refractivity contribution in [3.63, 3.8) is 0 Å². The lowest BCUT2D eigenvalue weighted by atomic mass is 9.92. The number of hydrogen-bond donors (Lipinski definition) is 0. The third-order valence-corrected chi connectivity index (χ3v) is 6.40. The second-order valence-electron chi connectivity index (χ2n) is 6.67. The highest BCUT2D eigenvalue weighted by Gasteiger charge is 2.51. The Balaban J connectivity index is 1.29. The fourth-order valence-corrected chi connectivity index (χ4v) is 5.04. The summed E-state index contributed by atoms with van der Waals surface area (Å²) >= 11 is 1.93. The molecule has 2 aromatic rings. The van der Waals surface area contributed by atoms with Crippen LogP contribution in [-0.2, 0) is 17.8 Å². The van der Waals surface area contributed by atoms with Gasteiger partial charge in [0.25, 0.3) is 5.91 Å². The van der Waals surface area contributed by atoms with Gasteiger partial charge in [0, 0.05) is 37.7 Å². The van der Waals surface area contributed by atoms with Crippen LogP contribution in [0.25, 0.3) is 0 Å². The van der Waals surface area contributed by atoms with Crippen molar-refractivity contribution in [2.75, 3.05) is 18.8 Å². The first-order valence-corrected chi connectivity index (χ1v) is 9.55. The molecule has 0 radical (unpaired) electrons. The smallest absolute Gasteiger partial charge is 0.259 e. The second kappa shape index (κ2) is 6.80. The molecule has 0 aliphatic carbocycles. The number of hydrogen-bond acceptors (Lipinski definition) is 6. The normalized spacial score (nSPS) is 21.5. The average Bonchev–Trinajstić information content (AvgIpc) is 3.26. The molecule has 2 fully saturated rings. The minimum Gasteiger partial charge on any atom is -0.373 e. The molecule has 25 heavy (non-hydrogen) atoms. The number of likely N-dealkylation sites (tertiary alicyclic amines) is 1. The lowest BCUT2D eigenvalue weighted by molar-refractivity contribution is 0.0254. The molecule has 0 aromatic carbocycles. The van der Waals surface area contributed by atoms with Gasteiger partial charge in [0.2, 0.25) is 0 Å². The predicted molar refractivity (Wildman–Crippen MR) is 94.4 cm³/mol. The number of nitrogens with zero attached hydrogens (tertiary/aromatic N) is 3. The number of pyridine rings is 1. The Morgan fingerprint density at radius 2 is 2.36 bits per heavy atom. The molecule has 132 valence electrons. The van der Waals surface area contributed by atoms with Crippen LogP contribution in [0.4, 0.5) is 0 Å². The van der Waals surface area contributed by atoms with E-state index in [1.54, 1.807) is 6.20 Å². The van der Waals surface area contributed by atoms with E-state index in [9.17, 15) is 4.79 Å². The van der Waals surface area contributed by atoms with Crippen molar-refractivity contribution in [1.29, 1.82) is 0 Å². The molecule has 2 aliphatic heterocycles. The number of carbonyl (C=O) groups is 1. The van der Waals surface area contributed by atoms with Crippen LogP contribution in [0.2, 0.25) is 0 Å². The minimum atomic E-state index is 0.0315. The summed E-state index contributed by atoms with van der Waals surface area (Å²) in [4.78, 5) is 18.6. The van der Waals surface area contributed by atoms with Crippen molar-refractivity contribution >= 4 is 17.7 Å². The zero-order chi connectivity index (χ0) is 17.3. The molecular formula is C18H21N3O3S. The third kappa shape index (κ3) is 3.30. The molecule has 1 atom stereocenters. The standard InChI is InChI=1S/C18H21N3O3S/c1-2-16-15(8-20-24-16)17(22)21-11-18(12-21)6-14(10-25-18)23-9-13-4-3-5-19-7-13/h3-5,7-8,14H,2,6,9-12H2,1H3/t14-/m0/s1. The summed E-state index contributed by atoms with van der Waals surface area (Å²) in [5.41, 5.74) is 1.70. The van der Waals surface area contributed by atoms with Crippen LogP contribution < -0.4 is 0 Å². The Labute approximate surface area is 150 Å². The monoisotopic (exact) mass is 359 g/mol. The van der Waals surface area contributed by atoms with Gasteiger partial charge in [0.1, 0.15) is 11.3 Å². The molecule has 0 saturated carbocycles. The maximum Gasteiger partial charge on any atom is 0.259 e. The lowest BCUT2D eigenvalue weighted by Gasteiger charge is -2.47. The lowest BCUT2D eigenvalue weighted by Crippen LogP contribution is -2.60. The molecule has 2 aromatic heterocycles. The number of aromatic nitrogens is 2. The van der Waals surface area contributed by atoms with E-state index in [1.165, 1.54) is 6.20 Å². The van der Waals surface area contributed by atoms with E-state index in [2.05, 4.69) is 10.1 Å². The maximum absolute atomic E-state index is 12.6. The van der Waals surface area contributed by atoms with Gasteiger partial charge < -0.3 is 14.2 Å². The largest absolute Gasteiger partial charge is 0.373 e. The zero-order valence-electron chi connectivity index (χ0n) is 14.2. The fraction of sp³-hybridized carbons (Fsp3) is 0.500. The zero-order valence-corrected chi connectivity index (χ0v) is 15.0. The van der Waals surface area contributed by atoms with Crippen molar-refractivity contribution < 1.29 is 14.1 Å². The number of rotatable bonds is 5. The van der Waals surface area contributed by atoms with Gasteiger partial charge >= 0.3 is 0 Å². The van der Waals surface area contributed by atoms with Gasteiger partial charge in [-0.25, -0.2) is 0 Å². The van der Waals surface area contributed by atoms with Crippen molar-refractivity contribution in [2.45, 2.75) is 37.2 Å². The first-order chi connectivity index (χ1) is 12.2. The highest BCUT2D eigenvalue weighted by molar-refractivity contribution is 8.01. The summed E-state index contributed by atoms with van der Waals surface area (Å²) in [5.74, 6) is 1.68. The Hall–Kier alpha value is -1.86. The molecular weight excluding hydrogens is 338 g/mol. The summed E-state index contributed by atoms with van der Waals surface area (Å²) in [6, 6.07) is 3.95. The van der Waals surface area contributed by atoms with E-state index < -0.39 is 0 Å². The van der Waals surface area contributed by atoms with E-state index in [1.807, 2.05) is 41.9 Å². The molecule has 4 heterocycles. The second-order valence-corrected chi connectivity index (χ2v) is 8.16. The van der Waals surface area contributed by atoms with Crippen LogP contribution in [-0.4, -0.2) is 50.6 Å². The summed E-state index contributed by atoms with van der Waals surface area (Å²) in [6.07, 6.45) is 7.05. The van der Waals surface area contributed by atoms with E-state index in [-0.39, 0.29) is 16.8 Å². The van der Waals surface area contributed by atoms with E-state index in [0.717, 1.165) is 30.8 Å². The third-order valence-electron chi connectivity index (χ3n) is 4.83. The fourth-order valence-electron chi connectivity index (χ4n) is 3.48. The number of aryl methyl sites for hydroxylation is 1. The van der Waals surface area contributed by atoms with Crippen LogP contribution in [0, 0.1) is 0 Å². The van der Waals surface area contributed by atoms with Gasteiger partial charge in [0.05, 0.1) is 23.7 Å². The maximum atomic E-state index is 12.6. The van der Waals surface area contributed by atoms with Crippen LogP contribution in [0.3, 0.4) is 0 Å². The van der Waals surface area contributed by atoms with Crippen LogP contribution in [0.5, 0.6) is 0 Å². The number of thioether (sulfide) groups is 1. The average molecular weight is 359 g/mol. The first-order valence-electron chi connectivity index (χ1n) is 8.56. The molecule has 4 rings (SSSR count). The highest BCUT2D eigenvalue weighted by Crippen LogP contribution is 2.46. The first kappa shape index (κ1) is 16.6. The Morgan fingerprint density at radius 1 is 1.48 bits per heavy atom. The Kier molecular flexibility index (Phi) is 4.52. The molecule has 6 nitrogen and oxygen atoms in total. The van der Waals surface area contributed by atoms with Crippen LogP contribution >= 0.6 is 11.8 Å². The summed E-state index contributed by atoms with van der Waals surface area (Å²) in [7, 11) is 0. The molecule has 2 saturated heterocycles. The molecule has 1 amide bonds. The van der Waals surface area contributed by atoms with Gasteiger partial charge in [-0.2, -0.15) is 0 Å². The topological polar surface area (TPSA) is 68.5 Å². The van der Waals surface area contributed by atoms with Gasteiger partial charge in [0.15, 0.2) is 0 Å². The molecule has 1 spiro atoms. The molecule has 0 N–H and O–H groups in total. The van der Waals surface area contributed by atoms with Gasteiger partial charge in [-0.1, -0.05) is 18.1 Å². The van der Waals surface area contributed by atoms with Crippen LogP contribution in [0.1, 0.15) is 35.0 Å². The van der Waals surface area contributed by atoms with Crippen molar-refractivity contribution in [3.8, 4) is 0 Å². The van der Waals surface area contributed by atoms with E-state index in [4.69, 9.17) is 9.26 Å². The number of carbonyl (C=O) groups excluding carboxylic acids is 1. The Morgan fingerprint density at radius 3 is 3.12 bits per heavy atom. The predicted octanol–water partition coefficient (Wildman–Crippen LogP) is 2.55. The molecule has 0 unspecified atom stereocenters. The van der Waals surface area contributed by atoms with Crippen molar-refractivity contribution in [1.82, 2.24) is 15.0 Å². The van der Waals surface area contributed by atoms with Gasteiger partial charge in [-0.15, -0.1) is 11.8 Å². The Bertz CT molecular complexity index is 743. The minimum absolute atomic E-state index is 0.0315. The van der Waals surface area contributed by atoms with Crippen LogP contribution in [0.15, 0.2) is 35.2 Å². The van der Waals surface area contributed by atoms with Gasteiger partial charge in [-0.05, 0) is 18.1 Å².